The Morgan fingerprint density at radius 3 is 1.92 bits per heavy atom. The molecule has 0 saturated heterocycles. The van der Waals surface area contributed by atoms with Crippen molar-refractivity contribution in [3.05, 3.63) is 34.7 Å². The Morgan fingerprint density at radius 1 is 0.917 bits per heavy atom. The van der Waals surface area contributed by atoms with E-state index in [0.717, 1.165) is 18.8 Å². The van der Waals surface area contributed by atoms with Gasteiger partial charge in [-0.25, -0.2) is 0 Å². The van der Waals surface area contributed by atoms with Gasteiger partial charge in [-0.05, 0) is 42.0 Å². The van der Waals surface area contributed by atoms with Crippen molar-refractivity contribution in [1.82, 2.24) is 0 Å². The number of hydrogen-bond acceptors (Lipinski definition) is 2. The lowest BCUT2D eigenvalue weighted by Gasteiger charge is -2.27. The predicted octanol–water partition coefficient (Wildman–Crippen LogP) is 5.60. The van der Waals surface area contributed by atoms with Crippen molar-refractivity contribution in [2.24, 2.45) is 11.8 Å². The second kappa shape index (κ2) is 9.76. The van der Waals surface area contributed by atoms with Gasteiger partial charge in [0.05, 0.1) is 6.42 Å². The molecule has 3 aliphatic rings. The lowest BCUT2D eigenvalue weighted by molar-refractivity contribution is -0.130. The van der Waals surface area contributed by atoms with Gasteiger partial charge in [-0.2, -0.15) is 0 Å². The van der Waals surface area contributed by atoms with E-state index in [1.165, 1.54) is 49.0 Å². The number of hydrogen-bond donors (Lipinski definition) is 0. The Hall–Kier alpha value is -1.44. The lowest BCUT2D eigenvalue weighted by Crippen LogP contribution is -2.23. The molecular weight excluding hydrogens is 296 g/mol. The number of benzene rings is 1. The van der Waals surface area contributed by atoms with Gasteiger partial charge >= 0.3 is 0 Å². The van der Waals surface area contributed by atoms with Crippen LogP contribution in [0.5, 0.6) is 0 Å². The average Bonchev–Trinajstić information content (AvgIpc) is 2.59. The van der Waals surface area contributed by atoms with Crippen LogP contribution in [0.4, 0.5) is 0 Å². The number of unbranched alkanes of at least 4 members (excludes halogenated alkanes) is 2. The molecule has 0 aliphatic heterocycles. The molecule has 0 amide bonds. The van der Waals surface area contributed by atoms with Crippen molar-refractivity contribution in [2.75, 3.05) is 0 Å². The number of carbonyl (C=O) groups is 2. The average molecular weight is 328 g/mol. The summed E-state index contributed by atoms with van der Waals surface area (Å²) in [5.74, 6) is 1.32. The molecule has 0 aromatic heterocycles. The van der Waals surface area contributed by atoms with Crippen molar-refractivity contribution >= 4 is 11.6 Å². The summed E-state index contributed by atoms with van der Waals surface area (Å²) in [4.78, 5) is 23.2. The fourth-order valence-electron chi connectivity index (χ4n) is 3.58. The van der Waals surface area contributed by atoms with E-state index >= 15 is 0 Å². The molecule has 3 rings (SSSR count). The molecule has 0 unspecified atom stereocenters. The van der Waals surface area contributed by atoms with E-state index in [0.29, 0.717) is 6.42 Å². The van der Waals surface area contributed by atoms with Gasteiger partial charge in [-0.3, -0.25) is 9.59 Å². The molecule has 2 nitrogen and oxygen atoms in total. The number of Topliss-reactive ketones (excluding diaryl/α,β-unsaturated/α-hetero) is 2. The summed E-state index contributed by atoms with van der Waals surface area (Å²) in [6.07, 6.45) is 10.4. The minimum atomic E-state index is 0.102. The van der Waals surface area contributed by atoms with Crippen molar-refractivity contribution in [3.63, 3.8) is 0 Å². The molecule has 0 radical (unpaired) electrons. The van der Waals surface area contributed by atoms with E-state index in [1.54, 1.807) is 0 Å². The Bertz CT molecular complexity index is 573. The van der Waals surface area contributed by atoms with Crippen LogP contribution >= 0.6 is 0 Å². The highest BCUT2D eigenvalue weighted by Crippen LogP contribution is 2.33. The smallest absolute Gasteiger partial charge is 0.143 e. The van der Waals surface area contributed by atoms with Gasteiger partial charge < -0.3 is 0 Å². The van der Waals surface area contributed by atoms with Crippen LogP contribution in [0.15, 0.2) is 24.3 Å². The third-order valence-electron chi connectivity index (χ3n) is 5.50. The van der Waals surface area contributed by atoms with E-state index < -0.39 is 0 Å². The van der Waals surface area contributed by atoms with Gasteiger partial charge in [0.25, 0.3) is 0 Å². The van der Waals surface area contributed by atoms with Gasteiger partial charge in [0, 0.05) is 12.3 Å². The van der Waals surface area contributed by atoms with Crippen LogP contribution in [-0.4, -0.2) is 11.6 Å². The molecule has 1 saturated carbocycles. The summed E-state index contributed by atoms with van der Waals surface area (Å²) >= 11 is 0. The first-order valence-electron chi connectivity index (χ1n) is 9.78. The predicted molar refractivity (Wildman–Crippen MR) is 98.6 cm³/mol. The van der Waals surface area contributed by atoms with Gasteiger partial charge in [0.2, 0.25) is 0 Å². The van der Waals surface area contributed by atoms with Crippen LogP contribution in [0.2, 0.25) is 0 Å². The molecular formula is C22H32O2. The Labute approximate surface area is 146 Å². The quantitative estimate of drug-likeness (QED) is 0.467. The van der Waals surface area contributed by atoms with Gasteiger partial charge in [0.15, 0.2) is 0 Å². The van der Waals surface area contributed by atoms with Crippen molar-refractivity contribution in [3.8, 4) is 0 Å². The van der Waals surface area contributed by atoms with Gasteiger partial charge in [0.1, 0.15) is 11.6 Å². The molecule has 1 fully saturated rings. The largest absolute Gasteiger partial charge is 0.299 e. The summed E-state index contributed by atoms with van der Waals surface area (Å²) in [5.41, 5.74) is 0. The van der Waals surface area contributed by atoms with E-state index in [4.69, 9.17) is 0 Å². The highest BCUT2D eigenvalue weighted by Gasteiger charge is 2.26. The molecule has 3 aliphatic carbocycles. The Morgan fingerprint density at radius 2 is 1.50 bits per heavy atom. The van der Waals surface area contributed by atoms with E-state index in [9.17, 15) is 9.59 Å². The van der Waals surface area contributed by atoms with Crippen LogP contribution in [0.1, 0.15) is 78.1 Å². The highest BCUT2D eigenvalue weighted by atomic mass is 16.1. The number of ketones is 2. The number of rotatable bonds is 8. The Balaban J connectivity index is 0.000000282. The molecule has 0 aromatic carbocycles. The molecule has 0 bridgehead atoms. The van der Waals surface area contributed by atoms with Crippen molar-refractivity contribution in [1.29, 1.82) is 0 Å². The van der Waals surface area contributed by atoms with Crippen molar-refractivity contribution in [2.45, 2.75) is 78.1 Å². The third-order valence-corrected chi connectivity index (χ3v) is 5.50. The zero-order chi connectivity index (χ0) is 17.4. The fourth-order valence-corrected chi connectivity index (χ4v) is 3.58. The molecule has 0 aromatic rings. The standard InChI is InChI=1S/C16H28O2.C6H4/c1-3-5-6-7-13-8-10-14(11-9-13)16(18)12-15(17)4-2;1-2-6-4-3-5(1)6/h13-14H,3-12H2,1-2H3;1-4H. The first-order valence-corrected chi connectivity index (χ1v) is 9.78. The van der Waals surface area contributed by atoms with Crippen LogP contribution in [-0.2, 0) is 9.59 Å². The van der Waals surface area contributed by atoms with Gasteiger partial charge in [-0.1, -0.05) is 63.8 Å². The summed E-state index contributed by atoms with van der Waals surface area (Å²) < 4.78 is 0. The molecule has 2 heteroatoms. The van der Waals surface area contributed by atoms with Crippen LogP contribution in [0, 0.1) is 22.3 Å². The summed E-state index contributed by atoms with van der Waals surface area (Å²) in [5, 5.41) is 2.85. The zero-order valence-corrected chi connectivity index (χ0v) is 15.4. The first kappa shape index (κ1) is 18.9. The van der Waals surface area contributed by atoms with Gasteiger partial charge in [-0.15, -0.1) is 0 Å². The van der Waals surface area contributed by atoms with E-state index in [-0.39, 0.29) is 23.9 Å². The number of carbonyl (C=O) groups excluding carboxylic acids is 2. The first-order chi connectivity index (χ1) is 11.6. The SMILES string of the molecule is CCCCCC1CCC(C(=O)CC(=O)CC)CC1.c1cc2ccc1=2. The minimum absolute atomic E-state index is 0.102. The van der Waals surface area contributed by atoms with E-state index in [2.05, 4.69) is 31.2 Å². The molecule has 0 heterocycles. The fraction of sp³-hybridized carbons (Fsp3) is 0.636. The summed E-state index contributed by atoms with van der Waals surface area (Å²) in [6, 6.07) is 8.48. The van der Waals surface area contributed by atoms with Crippen LogP contribution in [0.3, 0.4) is 0 Å². The maximum atomic E-state index is 11.9. The molecule has 0 spiro atoms. The zero-order valence-electron chi connectivity index (χ0n) is 15.4. The molecule has 0 atom stereocenters. The molecule has 0 N–H and O–H groups in total. The lowest BCUT2D eigenvalue weighted by atomic mass is 9.77. The molecule has 24 heavy (non-hydrogen) atoms. The highest BCUT2D eigenvalue weighted by molar-refractivity contribution is 5.99. The second-order valence-corrected chi connectivity index (χ2v) is 7.33. The summed E-state index contributed by atoms with van der Waals surface area (Å²) in [7, 11) is 0. The Kier molecular flexibility index (Phi) is 7.68. The maximum Gasteiger partial charge on any atom is 0.143 e. The maximum absolute atomic E-state index is 11.9. The van der Waals surface area contributed by atoms with Crippen molar-refractivity contribution < 1.29 is 9.59 Å². The monoisotopic (exact) mass is 328 g/mol. The van der Waals surface area contributed by atoms with Crippen LogP contribution in [0.25, 0.3) is 0 Å². The second-order valence-electron chi connectivity index (χ2n) is 7.33. The summed E-state index contributed by atoms with van der Waals surface area (Å²) in [6.45, 7) is 4.07. The topological polar surface area (TPSA) is 34.1 Å². The van der Waals surface area contributed by atoms with Crippen LogP contribution < -0.4 is 0 Å². The molecule has 132 valence electrons. The normalized spacial score (nSPS) is 20.8. The van der Waals surface area contributed by atoms with E-state index in [1.807, 2.05) is 6.92 Å². The minimum Gasteiger partial charge on any atom is -0.299 e. The third kappa shape index (κ3) is 5.58.